The van der Waals surface area contributed by atoms with Crippen molar-refractivity contribution in [1.29, 1.82) is 0 Å². The van der Waals surface area contributed by atoms with E-state index in [2.05, 4.69) is 33.0 Å². The maximum atomic E-state index is 13.9. The fourth-order valence-electron chi connectivity index (χ4n) is 2.74. The summed E-state index contributed by atoms with van der Waals surface area (Å²) >= 11 is 6.02. The molecule has 0 spiro atoms. The van der Waals surface area contributed by atoms with Crippen molar-refractivity contribution in [2.75, 3.05) is 5.32 Å². The van der Waals surface area contributed by atoms with Crippen molar-refractivity contribution >= 4 is 23.2 Å². The zero-order chi connectivity index (χ0) is 17.9. The number of hydrogen-bond donors (Lipinski definition) is 1. The lowest BCUT2D eigenvalue weighted by molar-refractivity contribution is -0.115. The number of hydrogen-bond acceptors (Lipinski definition) is 1. The van der Waals surface area contributed by atoms with E-state index in [9.17, 15) is 9.18 Å². The number of anilines is 1. The number of nitrogens with one attached hydrogen (secondary N) is 1. The summed E-state index contributed by atoms with van der Waals surface area (Å²) in [5, 5.41) is 3.25. The van der Waals surface area contributed by atoms with Crippen LogP contribution in [0.5, 0.6) is 0 Å². The standard InChI is InChI=1S/C20H23ClFNO/c1-12(2)14-7-5-8-15(13(3)4)20(14)23-19(24)11-16-17(21)9-6-10-18(16)22/h5-10,12-13H,11H2,1-4H3,(H,23,24). The van der Waals surface area contributed by atoms with Gasteiger partial charge in [0.1, 0.15) is 5.82 Å². The van der Waals surface area contributed by atoms with Crippen LogP contribution in [0.4, 0.5) is 10.1 Å². The second-order valence-corrected chi connectivity index (χ2v) is 6.95. The first-order valence-electron chi connectivity index (χ1n) is 8.16. The minimum absolute atomic E-state index is 0.0878. The number of carbonyl (C=O) groups is 1. The summed E-state index contributed by atoms with van der Waals surface area (Å²) in [5.74, 6) is -0.178. The van der Waals surface area contributed by atoms with Gasteiger partial charge in [0, 0.05) is 16.3 Å². The molecule has 0 saturated carbocycles. The third-order valence-corrected chi connectivity index (χ3v) is 4.39. The third kappa shape index (κ3) is 4.15. The van der Waals surface area contributed by atoms with Gasteiger partial charge in [-0.15, -0.1) is 0 Å². The normalized spacial score (nSPS) is 11.2. The zero-order valence-electron chi connectivity index (χ0n) is 14.5. The molecule has 0 aromatic heterocycles. The Hall–Kier alpha value is -1.87. The van der Waals surface area contributed by atoms with E-state index in [1.807, 2.05) is 18.2 Å². The van der Waals surface area contributed by atoms with Crippen molar-refractivity contribution in [3.63, 3.8) is 0 Å². The summed E-state index contributed by atoms with van der Waals surface area (Å²) < 4.78 is 13.9. The van der Waals surface area contributed by atoms with E-state index in [0.29, 0.717) is 0 Å². The second kappa shape index (κ2) is 7.80. The van der Waals surface area contributed by atoms with Gasteiger partial charge in [0.2, 0.25) is 5.91 Å². The number of halogens is 2. The molecule has 2 aromatic carbocycles. The van der Waals surface area contributed by atoms with Crippen LogP contribution in [0.3, 0.4) is 0 Å². The molecule has 0 saturated heterocycles. The smallest absolute Gasteiger partial charge is 0.228 e. The summed E-state index contributed by atoms with van der Waals surface area (Å²) in [6.45, 7) is 8.34. The van der Waals surface area contributed by atoms with E-state index >= 15 is 0 Å². The first kappa shape index (κ1) is 18.5. The molecule has 2 nitrogen and oxygen atoms in total. The van der Waals surface area contributed by atoms with Gasteiger partial charge in [-0.3, -0.25) is 4.79 Å². The minimum Gasteiger partial charge on any atom is -0.325 e. The predicted octanol–water partition coefficient (Wildman–Crippen LogP) is 5.91. The van der Waals surface area contributed by atoms with Crippen molar-refractivity contribution in [2.45, 2.75) is 46.0 Å². The zero-order valence-corrected chi connectivity index (χ0v) is 15.2. The maximum absolute atomic E-state index is 13.9. The van der Waals surface area contributed by atoms with Gasteiger partial charge in [0.05, 0.1) is 6.42 Å². The number of carbonyl (C=O) groups excluding carboxylic acids is 1. The topological polar surface area (TPSA) is 29.1 Å². The molecule has 128 valence electrons. The molecular weight excluding hydrogens is 325 g/mol. The Morgan fingerprint density at radius 1 is 1.04 bits per heavy atom. The lowest BCUT2D eigenvalue weighted by Gasteiger charge is -2.20. The molecule has 0 aliphatic carbocycles. The minimum atomic E-state index is -0.459. The molecule has 1 N–H and O–H groups in total. The van der Waals surface area contributed by atoms with E-state index in [-0.39, 0.29) is 34.7 Å². The van der Waals surface area contributed by atoms with Gasteiger partial charge in [-0.25, -0.2) is 4.39 Å². The Morgan fingerprint density at radius 2 is 1.58 bits per heavy atom. The van der Waals surface area contributed by atoms with Gasteiger partial charge < -0.3 is 5.32 Å². The molecule has 0 atom stereocenters. The summed E-state index contributed by atoms with van der Waals surface area (Å²) in [6.07, 6.45) is -0.0878. The highest BCUT2D eigenvalue weighted by molar-refractivity contribution is 6.31. The van der Waals surface area contributed by atoms with Gasteiger partial charge in [0.25, 0.3) is 0 Å². The van der Waals surface area contributed by atoms with Crippen LogP contribution in [0.2, 0.25) is 5.02 Å². The second-order valence-electron chi connectivity index (χ2n) is 6.55. The Balaban J connectivity index is 2.32. The predicted molar refractivity (Wildman–Crippen MR) is 98.4 cm³/mol. The van der Waals surface area contributed by atoms with Crippen LogP contribution in [0.25, 0.3) is 0 Å². The van der Waals surface area contributed by atoms with Crippen LogP contribution in [0.15, 0.2) is 36.4 Å². The quantitative estimate of drug-likeness (QED) is 0.716. The average molecular weight is 348 g/mol. The average Bonchev–Trinajstić information content (AvgIpc) is 2.50. The Kier molecular flexibility index (Phi) is 6.00. The summed E-state index contributed by atoms with van der Waals surface area (Å²) in [6, 6.07) is 10.5. The highest BCUT2D eigenvalue weighted by Gasteiger charge is 2.18. The maximum Gasteiger partial charge on any atom is 0.228 e. The molecule has 0 aliphatic rings. The summed E-state index contributed by atoms with van der Waals surface area (Å²) in [7, 11) is 0. The van der Waals surface area contributed by atoms with Crippen LogP contribution in [-0.2, 0) is 11.2 Å². The largest absolute Gasteiger partial charge is 0.325 e. The Bertz CT molecular complexity index is 694. The van der Waals surface area contributed by atoms with Crippen molar-refractivity contribution in [3.8, 4) is 0 Å². The highest BCUT2D eigenvalue weighted by Crippen LogP contribution is 2.32. The molecule has 2 rings (SSSR count). The number of rotatable bonds is 5. The third-order valence-electron chi connectivity index (χ3n) is 4.04. The van der Waals surface area contributed by atoms with E-state index in [1.165, 1.54) is 12.1 Å². The van der Waals surface area contributed by atoms with Crippen LogP contribution in [-0.4, -0.2) is 5.91 Å². The molecule has 1 amide bonds. The molecule has 0 aliphatic heterocycles. The van der Waals surface area contributed by atoms with Crippen molar-refractivity contribution in [2.24, 2.45) is 0 Å². The van der Waals surface area contributed by atoms with E-state index < -0.39 is 5.82 Å². The monoisotopic (exact) mass is 347 g/mol. The summed E-state index contributed by atoms with van der Waals surface area (Å²) in [4.78, 5) is 12.5. The van der Waals surface area contributed by atoms with Gasteiger partial charge in [-0.2, -0.15) is 0 Å². The van der Waals surface area contributed by atoms with Crippen LogP contribution >= 0.6 is 11.6 Å². The van der Waals surface area contributed by atoms with Gasteiger partial charge >= 0.3 is 0 Å². The van der Waals surface area contributed by atoms with Crippen LogP contribution in [0.1, 0.15) is 56.2 Å². The molecule has 0 heterocycles. The lowest BCUT2D eigenvalue weighted by atomic mass is 9.92. The summed E-state index contributed by atoms with van der Waals surface area (Å²) in [5.41, 5.74) is 3.22. The highest BCUT2D eigenvalue weighted by atomic mass is 35.5. The molecular formula is C20H23ClFNO. The first-order chi connectivity index (χ1) is 11.3. The Morgan fingerprint density at radius 3 is 2.08 bits per heavy atom. The van der Waals surface area contributed by atoms with E-state index in [4.69, 9.17) is 11.6 Å². The molecule has 0 fully saturated rings. The molecule has 0 radical (unpaired) electrons. The van der Waals surface area contributed by atoms with Crippen LogP contribution in [0, 0.1) is 5.82 Å². The fourth-order valence-corrected chi connectivity index (χ4v) is 2.97. The molecule has 2 aromatic rings. The van der Waals surface area contributed by atoms with E-state index in [0.717, 1.165) is 16.8 Å². The van der Waals surface area contributed by atoms with Crippen molar-refractivity contribution in [1.82, 2.24) is 0 Å². The fraction of sp³-hybridized carbons (Fsp3) is 0.350. The van der Waals surface area contributed by atoms with Gasteiger partial charge in [-0.1, -0.05) is 63.6 Å². The molecule has 0 bridgehead atoms. The molecule has 4 heteroatoms. The SMILES string of the molecule is CC(C)c1cccc(C(C)C)c1NC(=O)Cc1c(F)cccc1Cl. The van der Waals surface area contributed by atoms with Gasteiger partial charge in [-0.05, 0) is 35.1 Å². The number of para-hydroxylation sites is 1. The van der Waals surface area contributed by atoms with Gasteiger partial charge in [0.15, 0.2) is 0 Å². The lowest BCUT2D eigenvalue weighted by Crippen LogP contribution is -2.18. The van der Waals surface area contributed by atoms with Crippen molar-refractivity contribution < 1.29 is 9.18 Å². The van der Waals surface area contributed by atoms with E-state index in [1.54, 1.807) is 6.07 Å². The molecule has 24 heavy (non-hydrogen) atoms. The Labute approximate surface area is 148 Å². The van der Waals surface area contributed by atoms with Crippen molar-refractivity contribution in [3.05, 3.63) is 63.9 Å². The van der Waals surface area contributed by atoms with Crippen LogP contribution < -0.4 is 5.32 Å². The first-order valence-corrected chi connectivity index (χ1v) is 8.54. The number of benzene rings is 2. The number of amides is 1. The molecule has 0 unspecified atom stereocenters.